The summed E-state index contributed by atoms with van der Waals surface area (Å²) in [4.78, 5) is 43.6. The van der Waals surface area contributed by atoms with Crippen molar-refractivity contribution in [2.45, 2.75) is 81.8 Å². The molecule has 11 heteroatoms. The van der Waals surface area contributed by atoms with Gasteiger partial charge in [-0.1, -0.05) is 25.3 Å². The first-order valence-corrected chi connectivity index (χ1v) is 18.1. The molecule has 2 aromatic carbocycles. The lowest BCUT2D eigenvalue weighted by atomic mass is 9.81. The minimum atomic E-state index is -4.40. The highest BCUT2D eigenvalue weighted by atomic mass is 32.2. The summed E-state index contributed by atoms with van der Waals surface area (Å²) in [7, 11) is -0.587. The zero-order valence-electron chi connectivity index (χ0n) is 26.3. The van der Waals surface area contributed by atoms with Crippen molar-refractivity contribution in [1.29, 1.82) is 0 Å². The van der Waals surface area contributed by atoms with Crippen molar-refractivity contribution in [2.75, 3.05) is 27.2 Å². The Morgan fingerprint density at radius 1 is 1.00 bits per heavy atom. The summed E-state index contributed by atoms with van der Waals surface area (Å²) in [6, 6.07) is 12.0. The average molecular weight is 645 g/mol. The molecular weight excluding hydrogens is 604 g/mol. The number of likely N-dealkylation sites (tertiary alicyclic amines) is 1. The summed E-state index contributed by atoms with van der Waals surface area (Å²) in [5.41, 5.74) is 4.67. The van der Waals surface area contributed by atoms with Crippen LogP contribution in [0.2, 0.25) is 0 Å². The number of benzene rings is 2. The van der Waals surface area contributed by atoms with E-state index in [1.165, 1.54) is 12.0 Å². The maximum Gasteiger partial charge on any atom is 0.295 e. The SMILES string of the molecule is COc1ccc2c(c1)C1CC1(C(=O)N1C3CCC1CN(C)C3)Cn1c-2c(C2CCCCC2)c2ccc(C(=O)NS(=O)(=O)C=O)cc21. The first-order chi connectivity index (χ1) is 22.1. The van der Waals surface area contributed by atoms with E-state index >= 15 is 0 Å². The second-order valence-electron chi connectivity index (χ2n) is 14.2. The number of rotatable bonds is 6. The third-order valence-corrected chi connectivity index (χ3v) is 12.2. The van der Waals surface area contributed by atoms with Gasteiger partial charge in [-0.3, -0.25) is 14.4 Å². The van der Waals surface area contributed by atoms with Crippen LogP contribution in [0.4, 0.5) is 0 Å². The average Bonchev–Trinajstić information content (AvgIpc) is 3.64. The van der Waals surface area contributed by atoms with Crippen LogP contribution in [0.5, 0.6) is 5.75 Å². The number of methoxy groups -OCH3 is 1. The van der Waals surface area contributed by atoms with E-state index < -0.39 is 21.3 Å². The van der Waals surface area contributed by atoms with Crippen LogP contribution in [-0.2, 0) is 26.2 Å². The smallest absolute Gasteiger partial charge is 0.295 e. The molecule has 242 valence electrons. The highest BCUT2D eigenvalue weighted by Crippen LogP contribution is 2.66. The summed E-state index contributed by atoms with van der Waals surface area (Å²) in [5.74, 6) is 0.513. The van der Waals surface area contributed by atoms with Crippen LogP contribution >= 0.6 is 0 Å². The van der Waals surface area contributed by atoms with Crippen molar-refractivity contribution in [3.05, 3.63) is 53.1 Å². The predicted octanol–water partition coefficient (Wildman–Crippen LogP) is 4.41. The van der Waals surface area contributed by atoms with Crippen LogP contribution in [-0.4, -0.2) is 79.5 Å². The third kappa shape index (κ3) is 4.52. The van der Waals surface area contributed by atoms with Gasteiger partial charge in [0.05, 0.1) is 18.2 Å². The van der Waals surface area contributed by atoms with Gasteiger partial charge >= 0.3 is 0 Å². The molecule has 2 saturated carbocycles. The van der Waals surface area contributed by atoms with Crippen molar-refractivity contribution in [3.63, 3.8) is 0 Å². The molecular formula is C35H40N4O6S. The Hall–Kier alpha value is -3.70. The van der Waals surface area contributed by atoms with Crippen LogP contribution in [0.25, 0.3) is 22.2 Å². The van der Waals surface area contributed by atoms with Gasteiger partial charge in [0.15, 0.2) is 0 Å². The number of fused-ring (bicyclic) bond motifs is 9. The van der Waals surface area contributed by atoms with Gasteiger partial charge in [0.1, 0.15) is 5.75 Å². The molecule has 0 spiro atoms. The van der Waals surface area contributed by atoms with Gasteiger partial charge in [0, 0.05) is 59.7 Å². The molecule has 2 saturated heterocycles. The molecule has 2 aliphatic carbocycles. The molecule has 1 aromatic heterocycles. The van der Waals surface area contributed by atoms with E-state index in [2.05, 4.69) is 33.5 Å². The number of carbonyl (C=O) groups excluding carboxylic acids is 3. The Labute approximate surface area is 269 Å². The maximum atomic E-state index is 14.9. The number of aromatic nitrogens is 1. The highest BCUT2D eigenvalue weighted by molar-refractivity contribution is 8.03. The van der Waals surface area contributed by atoms with E-state index in [1.54, 1.807) is 19.2 Å². The minimum Gasteiger partial charge on any atom is -0.497 e. The standard InChI is InChI=1S/C35H40N4O6S/c1-37-17-23-9-10-24(18-37)39(23)34(42)35-16-29(35)28-15-25(45-2)11-13-26(28)32-31(21-6-4-3-5-7-21)27-12-8-22(14-30(27)38(32)19-35)33(41)36-46(43,44)20-40/h8,11-15,20-21,23-24,29H,3-7,9-10,16-19H2,1-2H3,(H,36,41). The molecule has 2 bridgehead atoms. The van der Waals surface area contributed by atoms with Crippen molar-refractivity contribution >= 4 is 38.4 Å². The fourth-order valence-electron chi connectivity index (χ4n) is 9.34. The topological polar surface area (TPSA) is 118 Å². The van der Waals surface area contributed by atoms with Crippen molar-refractivity contribution in [3.8, 4) is 17.0 Å². The second-order valence-corrected chi connectivity index (χ2v) is 15.7. The molecule has 8 rings (SSSR count). The molecule has 4 atom stereocenters. The Bertz CT molecular complexity index is 1880. The van der Waals surface area contributed by atoms with E-state index in [-0.39, 0.29) is 35.1 Å². The number of nitrogens with zero attached hydrogens (tertiary/aromatic N) is 3. The van der Waals surface area contributed by atoms with Gasteiger partial charge in [-0.15, -0.1) is 0 Å². The molecule has 4 heterocycles. The normalized spacial score (nSPS) is 27.3. The monoisotopic (exact) mass is 644 g/mol. The van der Waals surface area contributed by atoms with Crippen molar-refractivity contribution in [1.82, 2.24) is 19.1 Å². The second kappa shape index (κ2) is 10.7. The fourth-order valence-corrected chi connectivity index (χ4v) is 9.76. The number of nitrogens with one attached hydrogen (secondary N) is 1. The Kier molecular flexibility index (Phi) is 6.88. The summed E-state index contributed by atoms with van der Waals surface area (Å²) >= 11 is 0. The molecule has 2 amide bonds. The molecule has 5 aliphatic rings. The lowest BCUT2D eigenvalue weighted by Crippen LogP contribution is -2.57. The number of likely N-dealkylation sites (N-methyl/N-ethyl adjacent to an activating group) is 1. The van der Waals surface area contributed by atoms with Crippen molar-refractivity contribution in [2.24, 2.45) is 5.41 Å². The van der Waals surface area contributed by atoms with E-state index in [1.807, 2.05) is 16.9 Å². The highest BCUT2D eigenvalue weighted by Gasteiger charge is 2.65. The van der Waals surface area contributed by atoms with E-state index in [0.29, 0.717) is 12.5 Å². The number of amides is 2. The summed E-state index contributed by atoms with van der Waals surface area (Å²) in [6.07, 6.45) is 8.43. The first-order valence-electron chi connectivity index (χ1n) is 16.5. The third-order valence-electron chi connectivity index (χ3n) is 11.5. The Balaban J connectivity index is 1.33. The predicted molar refractivity (Wildman–Crippen MR) is 174 cm³/mol. The largest absolute Gasteiger partial charge is 0.497 e. The number of ether oxygens (including phenoxy) is 1. The zero-order chi connectivity index (χ0) is 32.0. The Morgan fingerprint density at radius 2 is 1.74 bits per heavy atom. The summed E-state index contributed by atoms with van der Waals surface area (Å²) < 4.78 is 33.8. The van der Waals surface area contributed by atoms with Crippen LogP contribution < -0.4 is 9.46 Å². The number of hydrogen-bond acceptors (Lipinski definition) is 7. The molecule has 1 N–H and O–H groups in total. The van der Waals surface area contributed by atoms with Gasteiger partial charge in [-0.2, -0.15) is 8.42 Å². The molecule has 4 unspecified atom stereocenters. The van der Waals surface area contributed by atoms with E-state index in [0.717, 1.165) is 91.5 Å². The molecule has 3 aliphatic heterocycles. The van der Waals surface area contributed by atoms with Gasteiger partial charge in [0.25, 0.3) is 21.5 Å². The van der Waals surface area contributed by atoms with Crippen LogP contribution in [0, 0.1) is 5.41 Å². The molecule has 10 nitrogen and oxygen atoms in total. The van der Waals surface area contributed by atoms with Crippen molar-refractivity contribution < 1.29 is 27.5 Å². The fraction of sp³-hybridized carbons (Fsp3) is 0.514. The first kappa shape index (κ1) is 29.7. The Morgan fingerprint density at radius 3 is 2.43 bits per heavy atom. The lowest BCUT2D eigenvalue weighted by molar-refractivity contribution is -0.143. The number of hydrogen-bond donors (Lipinski definition) is 1. The van der Waals surface area contributed by atoms with Crippen LogP contribution in [0.1, 0.15) is 84.7 Å². The van der Waals surface area contributed by atoms with E-state index in [4.69, 9.17) is 4.74 Å². The lowest BCUT2D eigenvalue weighted by Gasteiger charge is -2.41. The summed E-state index contributed by atoms with van der Waals surface area (Å²) in [5, 5.41) is 1.03. The quantitative estimate of drug-likeness (QED) is 0.395. The van der Waals surface area contributed by atoms with Gasteiger partial charge in [-0.05, 0) is 86.5 Å². The number of piperazine rings is 1. The zero-order valence-corrected chi connectivity index (χ0v) is 27.1. The van der Waals surface area contributed by atoms with Gasteiger partial charge < -0.3 is 19.1 Å². The van der Waals surface area contributed by atoms with Crippen LogP contribution in [0.15, 0.2) is 36.4 Å². The molecule has 46 heavy (non-hydrogen) atoms. The summed E-state index contributed by atoms with van der Waals surface area (Å²) in [6.45, 7) is 2.26. The molecule has 0 radical (unpaired) electrons. The maximum absolute atomic E-state index is 14.9. The van der Waals surface area contributed by atoms with Gasteiger partial charge in [0.2, 0.25) is 5.91 Å². The van der Waals surface area contributed by atoms with E-state index in [9.17, 15) is 22.8 Å². The molecule has 3 aromatic rings. The van der Waals surface area contributed by atoms with Gasteiger partial charge in [-0.25, -0.2) is 4.72 Å². The minimum absolute atomic E-state index is 0.0440. The number of carbonyl (C=O) groups is 3. The molecule has 4 fully saturated rings. The van der Waals surface area contributed by atoms with Crippen LogP contribution in [0.3, 0.4) is 0 Å². The number of sulfonamides is 1.